The smallest absolute Gasteiger partial charge is 0.176 e. The molecule has 2 rings (SSSR count). The highest BCUT2D eigenvalue weighted by Gasteiger charge is 2.26. The number of carbonyl (C=O) groups is 2. The van der Waals surface area contributed by atoms with E-state index in [1.54, 1.807) is 45.0 Å². The van der Waals surface area contributed by atoms with Crippen LogP contribution >= 0.6 is 15.9 Å². The number of hydrogen-bond acceptors (Lipinski definition) is 3. The molecular weight excluding hydrogens is 320 g/mol. The Labute approximate surface area is 126 Å². The lowest BCUT2D eigenvalue weighted by Crippen LogP contribution is -2.21. The summed E-state index contributed by atoms with van der Waals surface area (Å²) in [6.07, 6.45) is 0. The van der Waals surface area contributed by atoms with Crippen molar-refractivity contribution in [1.82, 2.24) is 0 Å². The number of furan rings is 1. The van der Waals surface area contributed by atoms with Gasteiger partial charge in [0.2, 0.25) is 0 Å². The molecule has 1 unspecified atom stereocenters. The summed E-state index contributed by atoms with van der Waals surface area (Å²) in [6, 6.07) is 8.74. The predicted molar refractivity (Wildman–Crippen MR) is 80.1 cm³/mol. The fraction of sp³-hybridized carbons (Fsp3) is 0.250. The molecule has 104 valence electrons. The summed E-state index contributed by atoms with van der Waals surface area (Å²) in [5.74, 6) is 0.119. The molecule has 1 atom stereocenters. The van der Waals surface area contributed by atoms with E-state index in [2.05, 4.69) is 15.9 Å². The van der Waals surface area contributed by atoms with E-state index in [0.717, 1.165) is 4.47 Å². The summed E-state index contributed by atoms with van der Waals surface area (Å²) in [5, 5.41) is 0. The molecule has 0 radical (unpaired) electrons. The number of carbonyl (C=O) groups excluding carboxylic acids is 2. The van der Waals surface area contributed by atoms with Gasteiger partial charge in [-0.05, 0) is 39.0 Å². The SMILES string of the molecule is Cc1cc(C(=O)C(C)C(=O)c2cccc(Br)c2)c(C)o1. The first-order valence-corrected chi connectivity index (χ1v) is 7.10. The Morgan fingerprint density at radius 1 is 1.15 bits per heavy atom. The lowest BCUT2D eigenvalue weighted by atomic mass is 9.92. The van der Waals surface area contributed by atoms with Crippen LogP contribution in [0.25, 0.3) is 0 Å². The third-order valence-electron chi connectivity index (χ3n) is 3.20. The van der Waals surface area contributed by atoms with Crippen molar-refractivity contribution >= 4 is 27.5 Å². The zero-order chi connectivity index (χ0) is 14.9. The molecule has 0 amide bonds. The molecule has 0 saturated heterocycles. The zero-order valence-corrected chi connectivity index (χ0v) is 13.2. The predicted octanol–water partition coefficient (Wildman–Crippen LogP) is 4.36. The highest BCUT2D eigenvalue weighted by atomic mass is 79.9. The second-order valence-corrected chi connectivity index (χ2v) is 5.70. The summed E-state index contributed by atoms with van der Waals surface area (Å²) >= 11 is 3.32. The van der Waals surface area contributed by atoms with Gasteiger partial charge in [0.1, 0.15) is 11.5 Å². The molecule has 0 aliphatic rings. The van der Waals surface area contributed by atoms with Crippen molar-refractivity contribution in [2.45, 2.75) is 20.8 Å². The average Bonchev–Trinajstić information content (AvgIpc) is 2.75. The lowest BCUT2D eigenvalue weighted by molar-refractivity contribution is 0.0820. The highest BCUT2D eigenvalue weighted by molar-refractivity contribution is 9.10. The number of ketones is 2. The molecule has 3 nitrogen and oxygen atoms in total. The maximum atomic E-state index is 12.4. The van der Waals surface area contributed by atoms with Gasteiger partial charge >= 0.3 is 0 Å². The topological polar surface area (TPSA) is 47.3 Å². The van der Waals surface area contributed by atoms with Crippen LogP contribution in [0.5, 0.6) is 0 Å². The Bertz CT molecular complexity index is 670. The molecule has 0 saturated carbocycles. The molecule has 4 heteroatoms. The Morgan fingerprint density at radius 3 is 2.40 bits per heavy atom. The molecule has 0 N–H and O–H groups in total. The van der Waals surface area contributed by atoms with Crippen LogP contribution in [0.2, 0.25) is 0 Å². The summed E-state index contributed by atoms with van der Waals surface area (Å²) < 4.78 is 6.17. The quantitative estimate of drug-likeness (QED) is 0.616. The van der Waals surface area contributed by atoms with Gasteiger partial charge in [0.05, 0.1) is 11.5 Å². The summed E-state index contributed by atoms with van der Waals surface area (Å²) in [6.45, 7) is 5.15. The Kier molecular flexibility index (Phi) is 4.23. The minimum Gasteiger partial charge on any atom is -0.466 e. The molecule has 2 aromatic rings. The van der Waals surface area contributed by atoms with Gasteiger partial charge in [-0.1, -0.05) is 28.1 Å². The van der Waals surface area contributed by atoms with Gasteiger partial charge in [0, 0.05) is 10.0 Å². The monoisotopic (exact) mass is 334 g/mol. The van der Waals surface area contributed by atoms with Crippen molar-refractivity contribution in [2.75, 3.05) is 0 Å². The van der Waals surface area contributed by atoms with Gasteiger partial charge in [-0.3, -0.25) is 9.59 Å². The minimum absolute atomic E-state index is 0.186. The number of hydrogen-bond donors (Lipinski definition) is 0. The molecule has 0 bridgehead atoms. The normalized spacial score (nSPS) is 12.2. The van der Waals surface area contributed by atoms with E-state index in [-0.39, 0.29) is 11.6 Å². The Hall–Kier alpha value is -1.68. The fourth-order valence-electron chi connectivity index (χ4n) is 2.12. The molecule has 20 heavy (non-hydrogen) atoms. The number of aryl methyl sites for hydroxylation is 2. The van der Waals surface area contributed by atoms with Gasteiger partial charge in [-0.25, -0.2) is 0 Å². The van der Waals surface area contributed by atoms with E-state index in [0.29, 0.717) is 22.6 Å². The second kappa shape index (κ2) is 5.75. The molecule has 0 spiro atoms. The van der Waals surface area contributed by atoms with E-state index in [1.807, 2.05) is 6.07 Å². The van der Waals surface area contributed by atoms with Crippen molar-refractivity contribution in [3.05, 3.63) is 57.5 Å². The third-order valence-corrected chi connectivity index (χ3v) is 3.70. The molecule has 0 aliphatic heterocycles. The van der Waals surface area contributed by atoms with E-state index in [9.17, 15) is 9.59 Å². The van der Waals surface area contributed by atoms with Crippen LogP contribution in [0, 0.1) is 19.8 Å². The first-order valence-electron chi connectivity index (χ1n) is 6.31. The van der Waals surface area contributed by atoms with Crippen LogP contribution in [-0.4, -0.2) is 11.6 Å². The van der Waals surface area contributed by atoms with Crippen LogP contribution in [-0.2, 0) is 0 Å². The number of rotatable bonds is 4. The van der Waals surface area contributed by atoms with E-state index in [1.165, 1.54) is 0 Å². The molecule has 1 aromatic carbocycles. The standard InChI is InChI=1S/C16H15BrO3/c1-9-7-14(11(3)20-9)16(19)10(2)15(18)12-5-4-6-13(17)8-12/h4-8,10H,1-3H3. The van der Waals surface area contributed by atoms with Crippen molar-refractivity contribution in [2.24, 2.45) is 5.92 Å². The van der Waals surface area contributed by atoms with Gasteiger partial charge in [-0.2, -0.15) is 0 Å². The molecule has 1 aromatic heterocycles. The molecule has 0 fully saturated rings. The van der Waals surface area contributed by atoms with Crippen molar-refractivity contribution in [3.8, 4) is 0 Å². The lowest BCUT2D eigenvalue weighted by Gasteiger charge is -2.09. The van der Waals surface area contributed by atoms with Gasteiger partial charge in [0.15, 0.2) is 11.6 Å². The number of Topliss-reactive ketones (excluding diaryl/α,β-unsaturated/α-hetero) is 2. The van der Waals surface area contributed by atoms with Crippen LogP contribution in [0.1, 0.15) is 39.2 Å². The van der Waals surface area contributed by atoms with Crippen molar-refractivity contribution < 1.29 is 14.0 Å². The second-order valence-electron chi connectivity index (χ2n) is 4.79. The molecular formula is C16H15BrO3. The van der Waals surface area contributed by atoms with Gasteiger partial charge < -0.3 is 4.42 Å². The summed E-state index contributed by atoms with van der Waals surface area (Å²) in [7, 11) is 0. The van der Waals surface area contributed by atoms with Gasteiger partial charge in [0.25, 0.3) is 0 Å². The number of benzene rings is 1. The summed E-state index contributed by atoms with van der Waals surface area (Å²) in [5.41, 5.74) is 1.01. The summed E-state index contributed by atoms with van der Waals surface area (Å²) in [4.78, 5) is 24.7. The number of halogens is 1. The largest absolute Gasteiger partial charge is 0.466 e. The average molecular weight is 335 g/mol. The van der Waals surface area contributed by atoms with Crippen LogP contribution in [0.15, 0.2) is 39.2 Å². The third kappa shape index (κ3) is 2.90. The van der Waals surface area contributed by atoms with Crippen LogP contribution in [0.4, 0.5) is 0 Å². The van der Waals surface area contributed by atoms with E-state index >= 15 is 0 Å². The van der Waals surface area contributed by atoms with Crippen LogP contribution < -0.4 is 0 Å². The first kappa shape index (κ1) is 14.7. The van der Waals surface area contributed by atoms with Crippen molar-refractivity contribution in [3.63, 3.8) is 0 Å². The zero-order valence-electron chi connectivity index (χ0n) is 11.6. The van der Waals surface area contributed by atoms with Crippen LogP contribution in [0.3, 0.4) is 0 Å². The van der Waals surface area contributed by atoms with Gasteiger partial charge in [-0.15, -0.1) is 0 Å². The Balaban J connectivity index is 2.27. The minimum atomic E-state index is -0.722. The Morgan fingerprint density at radius 2 is 1.85 bits per heavy atom. The maximum Gasteiger partial charge on any atom is 0.176 e. The maximum absolute atomic E-state index is 12.4. The van der Waals surface area contributed by atoms with E-state index in [4.69, 9.17) is 4.42 Å². The highest BCUT2D eigenvalue weighted by Crippen LogP contribution is 2.21. The van der Waals surface area contributed by atoms with E-state index < -0.39 is 5.92 Å². The first-order chi connectivity index (χ1) is 9.40. The molecule has 1 heterocycles. The van der Waals surface area contributed by atoms with Crippen molar-refractivity contribution in [1.29, 1.82) is 0 Å². The molecule has 0 aliphatic carbocycles. The fourth-order valence-corrected chi connectivity index (χ4v) is 2.52.